The average molecular weight is 386 g/mol. The predicted octanol–water partition coefficient (Wildman–Crippen LogP) is 2.77. The Hall–Kier alpha value is -2.88. The number of hydrogen-bond acceptors (Lipinski definition) is 6. The van der Waals surface area contributed by atoms with E-state index in [1.54, 1.807) is 0 Å². The molecule has 0 aliphatic rings. The molecule has 1 amide bonds. The maximum absolute atomic E-state index is 12.7. The summed E-state index contributed by atoms with van der Waals surface area (Å²) in [4.78, 5) is 29.3. The van der Waals surface area contributed by atoms with Crippen molar-refractivity contribution in [2.75, 3.05) is 27.4 Å². The van der Waals surface area contributed by atoms with Crippen LogP contribution < -0.4 is 0 Å². The van der Waals surface area contributed by atoms with Crippen LogP contribution >= 0.6 is 0 Å². The number of aromatic nitrogens is 1. The minimum atomic E-state index is -4.49. The second-order valence-electron chi connectivity index (χ2n) is 5.41. The lowest BCUT2D eigenvalue weighted by Gasteiger charge is -2.21. The molecule has 0 unspecified atom stereocenters. The second-order valence-corrected chi connectivity index (χ2v) is 5.41. The first kappa shape index (κ1) is 20.4. The van der Waals surface area contributed by atoms with Crippen LogP contribution in [0.25, 0.3) is 0 Å². The molecule has 2 aromatic rings. The van der Waals surface area contributed by atoms with E-state index in [-0.39, 0.29) is 36.8 Å². The molecule has 1 heterocycles. The second kappa shape index (κ2) is 8.67. The lowest BCUT2D eigenvalue weighted by molar-refractivity contribution is -0.137. The van der Waals surface area contributed by atoms with Gasteiger partial charge < -0.3 is 18.8 Å². The molecule has 0 bridgehead atoms. The Labute approximate surface area is 152 Å². The van der Waals surface area contributed by atoms with Crippen LogP contribution in [-0.4, -0.2) is 49.1 Å². The molecule has 0 saturated carbocycles. The highest BCUT2D eigenvalue weighted by atomic mass is 19.4. The van der Waals surface area contributed by atoms with Crippen molar-refractivity contribution in [3.05, 3.63) is 53.2 Å². The number of carbonyl (C=O) groups excluding carboxylic acids is 2. The number of oxazole rings is 1. The van der Waals surface area contributed by atoms with Crippen LogP contribution in [-0.2, 0) is 22.2 Å². The monoisotopic (exact) mass is 386 g/mol. The van der Waals surface area contributed by atoms with Gasteiger partial charge in [-0.25, -0.2) is 9.78 Å². The number of esters is 1. The lowest BCUT2D eigenvalue weighted by atomic mass is 10.1. The smallest absolute Gasteiger partial charge is 0.416 e. The van der Waals surface area contributed by atoms with Gasteiger partial charge in [0.15, 0.2) is 5.69 Å². The molecular formula is C17H17F3N2O5. The van der Waals surface area contributed by atoms with Gasteiger partial charge in [0.1, 0.15) is 6.26 Å². The maximum atomic E-state index is 12.7. The van der Waals surface area contributed by atoms with Crippen molar-refractivity contribution < 1.29 is 36.7 Å². The molecular weight excluding hydrogens is 369 g/mol. The summed E-state index contributed by atoms with van der Waals surface area (Å²) in [5.41, 5.74) is -0.835. The van der Waals surface area contributed by atoms with Crippen molar-refractivity contribution in [2.45, 2.75) is 12.7 Å². The first-order valence-corrected chi connectivity index (χ1v) is 7.74. The summed E-state index contributed by atoms with van der Waals surface area (Å²) in [6.45, 7) is 0.240. The number of ether oxygens (including phenoxy) is 2. The number of halogens is 3. The molecule has 27 heavy (non-hydrogen) atoms. The highest BCUT2D eigenvalue weighted by Gasteiger charge is 2.30. The fourth-order valence-electron chi connectivity index (χ4n) is 2.18. The fraction of sp³-hybridized carbons (Fsp3) is 0.353. The molecule has 7 nitrogen and oxygen atoms in total. The highest BCUT2D eigenvalue weighted by Crippen LogP contribution is 2.29. The Morgan fingerprint density at radius 3 is 2.41 bits per heavy atom. The minimum absolute atomic E-state index is 0.0545. The zero-order chi connectivity index (χ0) is 20.0. The number of benzene rings is 1. The molecule has 0 saturated heterocycles. The third-order valence-electron chi connectivity index (χ3n) is 3.58. The van der Waals surface area contributed by atoms with Crippen LogP contribution in [0.5, 0.6) is 0 Å². The van der Waals surface area contributed by atoms with E-state index in [2.05, 4.69) is 9.72 Å². The van der Waals surface area contributed by atoms with Gasteiger partial charge in [-0.1, -0.05) is 0 Å². The number of nitrogens with zero attached hydrogens (tertiary/aromatic N) is 2. The topological polar surface area (TPSA) is 81.9 Å². The zero-order valence-corrected chi connectivity index (χ0v) is 14.6. The third-order valence-corrected chi connectivity index (χ3v) is 3.58. The molecule has 2 rings (SSSR count). The van der Waals surface area contributed by atoms with Gasteiger partial charge in [-0.05, 0) is 24.3 Å². The van der Waals surface area contributed by atoms with Crippen LogP contribution in [0, 0.1) is 0 Å². The van der Waals surface area contributed by atoms with E-state index in [0.717, 1.165) is 30.5 Å². The van der Waals surface area contributed by atoms with E-state index in [4.69, 9.17) is 9.15 Å². The van der Waals surface area contributed by atoms with Crippen LogP contribution in [0.2, 0.25) is 0 Å². The first-order chi connectivity index (χ1) is 12.8. The standard InChI is InChI=1S/C17H17F3N2O5/c1-25-8-7-22(9-14-21-13(10-27-14)16(24)26-2)15(23)11-3-5-12(6-4-11)17(18,19)20/h3-6,10H,7-9H2,1-2H3. The van der Waals surface area contributed by atoms with E-state index in [9.17, 15) is 22.8 Å². The van der Waals surface area contributed by atoms with Gasteiger partial charge >= 0.3 is 12.1 Å². The third kappa shape index (κ3) is 5.30. The Bertz CT molecular complexity index is 787. The summed E-state index contributed by atoms with van der Waals surface area (Å²) in [5.74, 6) is -1.15. The normalized spacial score (nSPS) is 11.3. The van der Waals surface area contributed by atoms with Crippen LogP contribution in [0.15, 0.2) is 34.9 Å². The van der Waals surface area contributed by atoms with Crippen molar-refractivity contribution in [3.8, 4) is 0 Å². The van der Waals surface area contributed by atoms with Gasteiger partial charge in [0.05, 0.1) is 25.8 Å². The molecule has 1 aromatic carbocycles. The molecule has 0 spiro atoms. The number of methoxy groups -OCH3 is 2. The largest absolute Gasteiger partial charge is 0.464 e. The number of hydrogen-bond donors (Lipinski definition) is 0. The van der Waals surface area contributed by atoms with Gasteiger partial charge in [-0.3, -0.25) is 4.79 Å². The van der Waals surface area contributed by atoms with Crippen LogP contribution in [0.1, 0.15) is 32.3 Å². The van der Waals surface area contributed by atoms with Crippen molar-refractivity contribution >= 4 is 11.9 Å². The van der Waals surface area contributed by atoms with E-state index in [0.29, 0.717) is 0 Å². The molecule has 10 heteroatoms. The summed E-state index contributed by atoms with van der Waals surface area (Å²) < 4.78 is 52.6. The van der Waals surface area contributed by atoms with Crippen molar-refractivity contribution in [3.63, 3.8) is 0 Å². The summed E-state index contributed by atoms with van der Waals surface area (Å²) in [6.07, 6.45) is -3.39. The summed E-state index contributed by atoms with van der Waals surface area (Å²) in [5, 5.41) is 0. The van der Waals surface area contributed by atoms with E-state index < -0.39 is 23.6 Å². The Morgan fingerprint density at radius 1 is 1.19 bits per heavy atom. The van der Waals surface area contributed by atoms with E-state index in [1.165, 1.54) is 19.1 Å². The van der Waals surface area contributed by atoms with Gasteiger partial charge in [0.2, 0.25) is 5.89 Å². The first-order valence-electron chi connectivity index (χ1n) is 7.74. The number of carbonyl (C=O) groups is 2. The summed E-state index contributed by atoms with van der Waals surface area (Å²) >= 11 is 0. The summed E-state index contributed by atoms with van der Waals surface area (Å²) in [7, 11) is 2.64. The molecule has 0 aliphatic carbocycles. The van der Waals surface area contributed by atoms with Crippen LogP contribution in [0.3, 0.4) is 0 Å². The van der Waals surface area contributed by atoms with Gasteiger partial charge in [-0.2, -0.15) is 13.2 Å². The molecule has 0 atom stereocenters. The van der Waals surface area contributed by atoms with Crippen molar-refractivity contribution in [1.82, 2.24) is 9.88 Å². The predicted molar refractivity (Wildman–Crippen MR) is 85.9 cm³/mol. The molecule has 0 fully saturated rings. The molecule has 0 N–H and O–H groups in total. The van der Waals surface area contributed by atoms with Crippen molar-refractivity contribution in [1.29, 1.82) is 0 Å². The highest BCUT2D eigenvalue weighted by molar-refractivity contribution is 5.94. The molecule has 0 aliphatic heterocycles. The minimum Gasteiger partial charge on any atom is -0.464 e. The number of amides is 1. The van der Waals surface area contributed by atoms with Gasteiger partial charge in [0, 0.05) is 19.2 Å². The molecule has 0 radical (unpaired) electrons. The SMILES string of the molecule is COCCN(Cc1nc(C(=O)OC)co1)C(=O)c1ccc(C(F)(F)F)cc1. The summed E-state index contributed by atoms with van der Waals surface area (Å²) in [6, 6.07) is 3.87. The average Bonchev–Trinajstić information content (AvgIpc) is 3.12. The number of alkyl halides is 3. The van der Waals surface area contributed by atoms with E-state index in [1.807, 2.05) is 0 Å². The van der Waals surface area contributed by atoms with Crippen LogP contribution in [0.4, 0.5) is 13.2 Å². The molecule has 1 aromatic heterocycles. The Balaban J connectivity index is 2.18. The lowest BCUT2D eigenvalue weighted by Crippen LogP contribution is -2.33. The molecule has 146 valence electrons. The van der Waals surface area contributed by atoms with Crippen molar-refractivity contribution in [2.24, 2.45) is 0 Å². The Kier molecular flexibility index (Phi) is 6.56. The zero-order valence-electron chi connectivity index (χ0n) is 14.6. The Morgan fingerprint density at radius 2 is 1.85 bits per heavy atom. The fourth-order valence-corrected chi connectivity index (χ4v) is 2.18. The maximum Gasteiger partial charge on any atom is 0.416 e. The van der Waals surface area contributed by atoms with E-state index >= 15 is 0 Å². The van der Waals surface area contributed by atoms with Gasteiger partial charge in [0.25, 0.3) is 5.91 Å². The van der Waals surface area contributed by atoms with Gasteiger partial charge in [-0.15, -0.1) is 0 Å². The number of rotatable bonds is 7. The quantitative estimate of drug-likeness (QED) is 0.681.